The number of anilines is 1. The van der Waals surface area contributed by atoms with E-state index in [4.69, 9.17) is 23.1 Å². The number of hydrogen-bond acceptors (Lipinski definition) is 6. The second-order valence-corrected chi connectivity index (χ2v) is 11.0. The molecule has 0 radical (unpaired) electrons. The quantitative estimate of drug-likeness (QED) is 0.273. The van der Waals surface area contributed by atoms with Gasteiger partial charge in [0, 0.05) is 30.9 Å². The first-order valence-corrected chi connectivity index (χ1v) is 12.9. The van der Waals surface area contributed by atoms with Gasteiger partial charge < -0.3 is 28.4 Å². The fourth-order valence-electron chi connectivity index (χ4n) is 3.79. The third-order valence-electron chi connectivity index (χ3n) is 5.87. The topological polar surface area (TPSA) is 128 Å². The summed E-state index contributed by atoms with van der Waals surface area (Å²) >= 11 is 5.72. The number of nitrogens with zero attached hydrogens (tertiary/aromatic N) is 3. The summed E-state index contributed by atoms with van der Waals surface area (Å²) in [5, 5.41) is 2.96. The van der Waals surface area contributed by atoms with Crippen molar-refractivity contribution in [3.05, 3.63) is 77.6 Å². The highest BCUT2D eigenvalue weighted by Gasteiger charge is 2.27. The molecule has 2 aromatic carbocycles. The van der Waals surface area contributed by atoms with Gasteiger partial charge in [-0.05, 0) is 55.0 Å². The van der Waals surface area contributed by atoms with E-state index in [0.717, 1.165) is 4.31 Å². The minimum absolute atomic E-state index is 0.0290. The summed E-state index contributed by atoms with van der Waals surface area (Å²) in [6.45, 7) is 1.75. The molecule has 0 aliphatic rings. The number of methoxy groups -OCH3 is 1. The first kappa shape index (κ1) is 26.1. The molecular formula is C25H25N5O5S2. The van der Waals surface area contributed by atoms with Crippen molar-refractivity contribution in [3.8, 4) is 11.4 Å². The Morgan fingerprint density at radius 1 is 1.08 bits per heavy atom. The molecule has 4 aromatic rings. The van der Waals surface area contributed by atoms with E-state index in [1.165, 1.54) is 36.8 Å². The largest absolute Gasteiger partial charge is 0.732 e. The summed E-state index contributed by atoms with van der Waals surface area (Å²) in [6.07, 6.45) is 1.45. The lowest BCUT2D eigenvalue weighted by Gasteiger charge is -2.14. The zero-order valence-electron chi connectivity index (χ0n) is 20.6. The second kappa shape index (κ2) is 9.81. The number of carbonyl (C=O) groups is 2. The third-order valence-corrected chi connectivity index (χ3v) is 8.06. The van der Waals surface area contributed by atoms with Crippen molar-refractivity contribution >= 4 is 45.8 Å². The molecule has 2 amide bonds. The zero-order chi connectivity index (χ0) is 27.1. The molecule has 3 N–H and O–H groups in total. The Hall–Kier alpha value is -4.00. The molecule has 0 aliphatic heterocycles. The molecule has 0 aliphatic carbocycles. The van der Waals surface area contributed by atoms with E-state index >= 15 is 0 Å². The fraction of sp³-hybridized carbons (Fsp3) is 0.160. The molecule has 12 heteroatoms. The number of benzene rings is 2. The molecule has 0 saturated heterocycles. The van der Waals surface area contributed by atoms with Gasteiger partial charge in [0.15, 0.2) is 0 Å². The molecular weight excluding hydrogens is 514 g/mol. The molecule has 0 atom stereocenters. The van der Waals surface area contributed by atoms with Gasteiger partial charge in [-0.25, -0.2) is 17.3 Å². The standard InChI is InChI=1S/C25H25N5O5S2/c1-15-5-11-19(37(33,34)28(2)3)13-20(15)27-24(32)22-25(36)30(17-7-9-18(35-4)10-8-17)21-12-6-16(23(26)31)14-29(21)22/h5-14H,1-4H3,(H3-,26,27,31,32,36). The van der Waals surface area contributed by atoms with E-state index in [1.807, 2.05) is 0 Å². The normalized spacial score (nSPS) is 11.6. The molecule has 0 unspecified atom stereocenters. The van der Waals surface area contributed by atoms with Crippen LogP contribution in [0.4, 0.5) is 5.69 Å². The van der Waals surface area contributed by atoms with Crippen LogP contribution in [-0.4, -0.2) is 50.3 Å². The third kappa shape index (κ3) is 4.73. The van der Waals surface area contributed by atoms with Crippen LogP contribution in [0.2, 0.25) is 0 Å². The first-order valence-electron chi connectivity index (χ1n) is 11.0. The van der Waals surface area contributed by atoms with Crippen LogP contribution in [-0.2, 0) is 22.7 Å². The molecule has 0 fully saturated rings. The molecule has 2 aromatic heterocycles. The Morgan fingerprint density at radius 2 is 1.76 bits per heavy atom. The lowest BCUT2D eigenvalue weighted by molar-refractivity contribution is -0.514. The van der Waals surface area contributed by atoms with Crippen molar-refractivity contribution < 1.29 is 27.1 Å². The molecule has 4 rings (SSSR count). The van der Waals surface area contributed by atoms with Crippen LogP contribution in [0.3, 0.4) is 0 Å². The number of aromatic nitrogens is 2. The predicted molar refractivity (Wildman–Crippen MR) is 140 cm³/mol. The molecule has 0 saturated carbocycles. The number of pyridine rings is 1. The van der Waals surface area contributed by atoms with Gasteiger partial charge in [0.05, 0.1) is 17.6 Å². The second-order valence-electron chi connectivity index (χ2n) is 8.42. The van der Waals surface area contributed by atoms with Crippen molar-refractivity contribution in [1.29, 1.82) is 0 Å². The molecule has 2 heterocycles. The van der Waals surface area contributed by atoms with E-state index < -0.39 is 21.8 Å². The number of carbonyl (C=O) groups excluding carboxylic acids is 2. The van der Waals surface area contributed by atoms with Crippen LogP contribution < -0.4 is 20.2 Å². The minimum atomic E-state index is -3.72. The van der Waals surface area contributed by atoms with Crippen LogP contribution >= 0.6 is 0 Å². The van der Waals surface area contributed by atoms with Crippen LogP contribution in [0.5, 0.6) is 5.75 Å². The maximum absolute atomic E-state index is 13.6. The number of imidazole rings is 1. The maximum atomic E-state index is 13.6. The van der Waals surface area contributed by atoms with Gasteiger partial charge in [-0.2, -0.15) is 4.40 Å². The number of sulfonamides is 1. The highest BCUT2D eigenvalue weighted by molar-refractivity contribution is 7.89. The van der Waals surface area contributed by atoms with Gasteiger partial charge >= 0.3 is 0 Å². The Kier molecular flexibility index (Phi) is 6.91. The average molecular weight is 540 g/mol. The lowest BCUT2D eigenvalue weighted by atomic mass is 10.2. The number of fused-ring (bicyclic) bond motifs is 1. The van der Waals surface area contributed by atoms with E-state index in [-0.39, 0.29) is 21.2 Å². The van der Waals surface area contributed by atoms with E-state index in [0.29, 0.717) is 28.3 Å². The number of nitrogens with two attached hydrogens (primary N) is 1. The molecule has 0 spiro atoms. The Bertz CT molecular complexity index is 1640. The van der Waals surface area contributed by atoms with Crippen molar-refractivity contribution in [3.63, 3.8) is 0 Å². The molecule has 192 valence electrons. The van der Waals surface area contributed by atoms with Crippen molar-refractivity contribution in [2.75, 3.05) is 26.5 Å². The van der Waals surface area contributed by atoms with E-state index in [1.54, 1.807) is 61.1 Å². The van der Waals surface area contributed by atoms with Gasteiger partial charge in [-0.1, -0.05) is 6.07 Å². The highest BCUT2D eigenvalue weighted by atomic mass is 32.2. The minimum Gasteiger partial charge on any atom is -0.732 e. The summed E-state index contributed by atoms with van der Waals surface area (Å²) in [6, 6.07) is 14.8. The van der Waals surface area contributed by atoms with Crippen molar-refractivity contribution in [1.82, 2.24) is 8.87 Å². The van der Waals surface area contributed by atoms with Crippen LogP contribution in [0, 0.1) is 6.92 Å². The van der Waals surface area contributed by atoms with Crippen molar-refractivity contribution in [2.45, 2.75) is 16.8 Å². The SMILES string of the molecule is COc1ccc(-n2c([S-])c(C(=O)Nc3cc(S(=O)(=O)N(C)C)ccc3C)[n+]3cc(C(N)=O)ccc23)cc1. The van der Waals surface area contributed by atoms with Crippen molar-refractivity contribution in [2.24, 2.45) is 5.73 Å². The summed E-state index contributed by atoms with van der Waals surface area (Å²) < 4.78 is 34.8. The monoisotopic (exact) mass is 539 g/mol. The number of aryl methyl sites for hydroxylation is 1. The Balaban J connectivity index is 1.87. The number of primary amides is 1. The molecule has 37 heavy (non-hydrogen) atoms. The van der Waals surface area contributed by atoms with Crippen LogP contribution in [0.1, 0.15) is 26.4 Å². The Labute approximate surface area is 219 Å². The highest BCUT2D eigenvalue weighted by Crippen LogP contribution is 2.25. The van der Waals surface area contributed by atoms with Gasteiger partial charge in [-0.15, -0.1) is 0 Å². The summed E-state index contributed by atoms with van der Waals surface area (Å²) in [5.41, 5.74) is 7.89. The zero-order valence-corrected chi connectivity index (χ0v) is 22.2. The van der Waals surface area contributed by atoms with Crippen LogP contribution in [0.25, 0.3) is 11.3 Å². The number of nitrogens with one attached hydrogen (secondary N) is 1. The fourth-order valence-corrected chi connectivity index (χ4v) is 5.11. The molecule has 0 bridgehead atoms. The predicted octanol–water partition coefficient (Wildman–Crippen LogP) is 2.04. The van der Waals surface area contributed by atoms with Gasteiger partial charge in [0.1, 0.15) is 17.6 Å². The maximum Gasteiger partial charge on any atom is 0.298 e. The smallest absolute Gasteiger partial charge is 0.298 e. The number of ether oxygens (including phenoxy) is 1. The Morgan fingerprint density at radius 3 is 2.35 bits per heavy atom. The summed E-state index contributed by atoms with van der Waals surface area (Å²) in [7, 11) is 0.694. The van der Waals surface area contributed by atoms with Gasteiger partial charge in [-0.3, -0.25) is 9.59 Å². The number of amides is 2. The van der Waals surface area contributed by atoms with E-state index in [2.05, 4.69) is 5.32 Å². The number of hydrogen-bond donors (Lipinski definition) is 2. The lowest BCUT2D eigenvalue weighted by Crippen LogP contribution is -2.33. The number of rotatable bonds is 7. The summed E-state index contributed by atoms with van der Waals surface area (Å²) in [4.78, 5) is 25.5. The van der Waals surface area contributed by atoms with Gasteiger partial charge in [0.25, 0.3) is 17.5 Å². The van der Waals surface area contributed by atoms with Crippen LogP contribution in [0.15, 0.2) is 70.7 Å². The first-order chi connectivity index (χ1) is 17.4. The average Bonchev–Trinajstić information content (AvgIpc) is 3.16. The van der Waals surface area contributed by atoms with Gasteiger partial charge in [0.2, 0.25) is 15.7 Å². The summed E-state index contributed by atoms with van der Waals surface area (Å²) in [5.74, 6) is -0.603. The van der Waals surface area contributed by atoms with E-state index in [9.17, 15) is 18.0 Å². The molecule has 10 nitrogen and oxygen atoms in total.